The monoisotopic (exact) mass is 424 g/mol. The summed E-state index contributed by atoms with van der Waals surface area (Å²) in [5.41, 5.74) is 5.93. The predicted molar refractivity (Wildman–Crippen MR) is 97.9 cm³/mol. The summed E-state index contributed by atoms with van der Waals surface area (Å²) >= 11 is 6.41. The Morgan fingerprint density at radius 3 is 2.83 bits per heavy atom. The number of aromatic nitrogens is 2. The lowest BCUT2D eigenvalue weighted by Crippen LogP contribution is -2.43. The minimum absolute atomic E-state index is 0.110. The number of thiazole rings is 1. The van der Waals surface area contributed by atoms with Crippen molar-refractivity contribution < 1.29 is 9.59 Å². The molecule has 2 N–H and O–H groups in total. The van der Waals surface area contributed by atoms with E-state index in [4.69, 9.17) is 0 Å². The molecular weight excluding hydrogens is 412 g/mol. The highest BCUT2D eigenvalue weighted by Crippen LogP contribution is 2.27. The number of hydrazine groups is 1. The number of halogens is 1. The van der Waals surface area contributed by atoms with E-state index in [9.17, 15) is 9.59 Å². The van der Waals surface area contributed by atoms with Crippen LogP contribution in [0.1, 0.15) is 16.2 Å². The van der Waals surface area contributed by atoms with Crippen LogP contribution in [0.15, 0.2) is 39.6 Å². The van der Waals surface area contributed by atoms with Crippen molar-refractivity contribution in [2.24, 2.45) is 7.05 Å². The first kappa shape index (κ1) is 16.9. The van der Waals surface area contributed by atoms with Crippen LogP contribution in [-0.4, -0.2) is 21.4 Å². The number of aryl methyl sites for hydroxylation is 1. The molecule has 24 heavy (non-hydrogen) atoms. The summed E-state index contributed by atoms with van der Waals surface area (Å²) in [7, 11) is 1.75. The fourth-order valence-electron chi connectivity index (χ4n) is 2.05. The van der Waals surface area contributed by atoms with Gasteiger partial charge < -0.3 is 4.57 Å². The molecule has 0 aliphatic carbocycles. The van der Waals surface area contributed by atoms with Gasteiger partial charge in [-0.3, -0.25) is 20.4 Å². The number of rotatable bonds is 4. The van der Waals surface area contributed by atoms with E-state index in [1.807, 2.05) is 22.9 Å². The second-order valence-electron chi connectivity index (χ2n) is 4.95. The Kier molecular flexibility index (Phi) is 5.12. The molecule has 0 aliphatic heterocycles. The van der Waals surface area contributed by atoms with E-state index in [-0.39, 0.29) is 18.2 Å². The lowest BCUT2D eigenvalue weighted by atomic mass is 10.3. The summed E-state index contributed by atoms with van der Waals surface area (Å²) in [6.45, 7) is 0. The summed E-state index contributed by atoms with van der Waals surface area (Å²) < 4.78 is 2.46. The number of nitrogens with zero attached hydrogens (tertiary/aromatic N) is 2. The largest absolute Gasteiger partial charge is 0.345 e. The third-order valence-corrected chi connectivity index (χ3v) is 5.51. The Morgan fingerprint density at radius 1 is 1.33 bits per heavy atom. The van der Waals surface area contributed by atoms with E-state index in [0.29, 0.717) is 11.4 Å². The molecule has 0 fully saturated rings. The molecule has 124 valence electrons. The van der Waals surface area contributed by atoms with Crippen molar-refractivity contribution >= 4 is 50.4 Å². The fourth-order valence-corrected chi connectivity index (χ4v) is 4.21. The van der Waals surface area contributed by atoms with Crippen LogP contribution < -0.4 is 10.9 Å². The van der Waals surface area contributed by atoms with Crippen molar-refractivity contribution in [1.29, 1.82) is 0 Å². The average molecular weight is 425 g/mol. The second-order valence-corrected chi connectivity index (χ2v) is 7.68. The molecule has 0 saturated heterocycles. The van der Waals surface area contributed by atoms with Gasteiger partial charge in [0.2, 0.25) is 5.91 Å². The van der Waals surface area contributed by atoms with Crippen molar-refractivity contribution in [3.05, 3.63) is 51.0 Å². The zero-order valence-corrected chi connectivity index (χ0v) is 15.8. The molecule has 0 radical (unpaired) electrons. The van der Waals surface area contributed by atoms with Gasteiger partial charge in [-0.25, -0.2) is 4.98 Å². The van der Waals surface area contributed by atoms with E-state index in [2.05, 4.69) is 31.8 Å². The maximum absolute atomic E-state index is 12.0. The molecule has 0 bridgehead atoms. The SMILES string of the molecule is Cn1cc(Br)cc1C(=O)NNC(=O)Cc1csc(-c2cccs2)n1. The molecule has 3 aromatic rings. The number of nitrogens with one attached hydrogen (secondary N) is 2. The molecule has 0 saturated carbocycles. The normalized spacial score (nSPS) is 10.6. The maximum atomic E-state index is 12.0. The van der Waals surface area contributed by atoms with Crippen LogP contribution in [0.3, 0.4) is 0 Å². The third kappa shape index (κ3) is 3.92. The van der Waals surface area contributed by atoms with Crippen LogP contribution >= 0.6 is 38.6 Å². The van der Waals surface area contributed by atoms with Gasteiger partial charge in [-0.1, -0.05) is 6.07 Å². The number of carbonyl (C=O) groups excluding carboxylic acids is 2. The summed E-state index contributed by atoms with van der Waals surface area (Å²) in [5.74, 6) is -0.700. The van der Waals surface area contributed by atoms with Crippen LogP contribution in [-0.2, 0) is 18.3 Å². The van der Waals surface area contributed by atoms with Crippen molar-refractivity contribution in [2.75, 3.05) is 0 Å². The van der Waals surface area contributed by atoms with Crippen molar-refractivity contribution in [3.63, 3.8) is 0 Å². The molecular formula is C15H13BrN4O2S2. The topological polar surface area (TPSA) is 76.0 Å². The van der Waals surface area contributed by atoms with Crippen molar-refractivity contribution in [1.82, 2.24) is 20.4 Å². The molecule has 9 heteroatoms. The van der Waals surface area contributed by atoms with Crippen molar-refractivity contribution in [3.8, 4) is 9.88 Å². The van der Waals surface area contributed by atoms with E-state index < -0.39 is 0 Å². The Balaban J connectivity index is 1.54. The summed E-state index contributed by atoms with van der Waals surface area (Å²) in [6.07, 6.45) is 1.87. The first-order valence-electron chi connectivity index (χ1n) is 6.92. The first-order valence-corrected chi connectivity index (χ1v) is 9.47. The molecule has 0 atom stereocenters. The van der Waals surface area contributed by atoms with Gasteiger partial charge in [0.25, 0.3) is 5.91 Å². The lowest BCUT2D eigenvalue weighted by Gasteiger charge is -2.07. The van der Waals surface area contributed by atoms with Gasteiger partial charge in [-0.05, 0) is 33.4 Å². The van der Waals surface area contributed by atoms with Gasteiger partial charge in [0.15, 0.2) is 0 Å². The molecule has 2 amide bonds. The number of carbonyl (C=O) groups is 2. The van der Waals surface area contributed by atoms with Crippen LogP contribution in [0.5, 0.6) is 0 Å². The van der Waals surface area contributed by atoms with Gasteiger partial charge in [0.05, 0.1) is 17.0 Å². The van der Waals surface area contributed by atoms with Crippen LogP contribution in [0.2, 0.25) is 0 Å². The van der Waals surface area contributed by atoms with E-state index in [0.717, 1.165) is 14.4 Å². The quantitative estimate of drug-likeness (QED) is 0.632. The van der Waals surface area contributed by atoms with E-state index in [1.165, 1.54) is 11.3 Å². The smallest absolute Gasteiger partial charge is 0.286 e. The maximum Gasteiger partial charge on any atom is 0.286 e. The molecule has 0 aliphatic rings. The lowest BCUT2D eigenvalue weighted by molar-refractivity contribution is -0.121. The summed E-state index contributed by atoms with van der Waals surface area (Å²) in [6, 6.07) is 5.63. The zero-order chi connectivity index (χ0) is 17.1. The van der Waals surface area contributed by atoms with Crippen LogP contribution in [0.25, 0.3) is 9.88 Å². The Bertz CT molecular complexity index is 870. The van der Waals surface area contributed by atoms with Gasteiger partial charge in [-0.15, -0.1) is 22.7 Å². The van der Waals surface area contributed by atoms with Crippen molar-refractivity contribution in [2.45, 2.75) is 6.42 Å². The van der Waals surface area contributed by atoms with Gasteiger partial charge >= 0.3 is 0 Å². The molecule has 3 aromatic heterocycles. The predicted octanol–water partition coefficient (Wildman–Crippen LogP) is 2.98. The molecule has 0 spiro atoms. The zero-order valence-electron chi connectivity index (χ0n) is 12.6. The molecule has 3 rings (SSSR count). The molecule has 3 heterocycles. The highest BCUT2D eigenvalue weighted by Gasteiger charge is 2.13. The third-order valence-electron chi connectivity index (χ3n) is 3.15. The minimum atomic E-state index is -0.380. The van der Waals surface area contributed by atoms with Crippen LogP contribution in [0.4, 0.5) is 0 Å². The Labute approximate surface area is 154 Å². The molecule has 0 aromatic carbocycles. The fraction of sp³-hybridized carbons (Fsp3) is 0.133. The summed E-state index contributed by atoms with van der Waals surface area (Å²) in [4.78, 5) is 29.5. The Morgan fingerprint density at radius 2 is 2.17 bits per heavy atom. The van der Waals surface area contributed by atoms with Gasteiger partial charge in [0, 0.05) is 23.1 Å². The summed E-state index contributed by atoms with van der Waals surface area (Å²) in [5, 5.41) is 4.73. The Hall–Kier alpha value is -1.97. The minimum Gasteiger partial charge on any atom is -0.345 e. The standard InChI is InChI=1S/C15H13BrN4O2S2/c1-20-7-9(16)5-11(20)14(22)19-18-13(21)6-10-8-24-15(17-10)12-3-2-4-23-12/h2-5,7-8H,6H2,1H3,(H,18,21)(H,19,22). The number of amides is 2. The number of thiophene rings is 1. The van der Waals surface area contributed by atoms with E-state index >= 15 is 0 Å². The number of hydrogen-bond donors (Lipinski definition) is 2. The highest BCUT2D eigenvalue weighted by molar-refractivity contribution is 9.10. The van der Waals surface area contributed by atoms with Gasteiger partial charge in [0.1, 0.15) is 10.7 Å². The first-order chi connectivity index (χ1) is 11.5. The highest BCUT2D eigenvalue weighted by atomic mass is 79.9. The average Bonchev–Trinajstić information content (AvgIpc) is 3.25. The molecule has 0 unspecified atom stereocenters. The second kappa shape index (κ2) is 7.29. The number of hydrogen-bond acceptors (Lipinski definition) is 5. The molecule has 6 nitrogen and oxygen atoms in total. The van der Waals surface area contributed by atoms with Crippen LogP contribution in [0, 0.1) is 0 Å². The van der Waals surface area contributed by atoms with E-state index in [1.54, 1.807) is 35.2 Å². The van der Waals surface area contributed by atoms with Gasteiger partial charge in [-0.2, -0.15) is 0 Å².